The predicted molar refractivity (Wildman–Crippen MR) is 102 cm³/mol. The van der Waals surface area contributed by atoms with Gasteiger partial charge in [0.15, 0.2) is 0 Å². The molecule has 26 heavy (non-hydrogen) atoms. The van der Waals surface area contributed by atoms with Gasteiger partial charge >= 0.3 is 5.97 Å². The molecule has 0 aliphatic rings. The fourth-order valence-corrected chi connectivity index (χ4v) is 3.12. The first-order chi connectivity index (χ1) is 12.6. The van der Waals surface area contributed by atoms with Gasteiger partial charge in [-0.3, -0.25) is 4.79 Å². The van der Waals surface area contributed by atoms with E-state index in [0.29, 0.717) is 16.1 Å². The van der Waals surface area contributed by atoms with E-state index in [4.69, 9.17) is 4.74 Å². The van der Waals surface area contributed by atoms with Gasteiger partial charge in [0.1, 0.15) is 10.8 Å². The summed E-state index contributed by atoms with van der Waals surface area (Å²) in [4.78, 5) is 30.4. The minimum atomic E-state index is -0.487. The predicted octanol–water partition coefficient (Wildman–Crippen LogP) is 3.95. The topological polar surface area (TPSA) is 71.5 Å². The molecule has 0 radical (unpaired) electrons. The maximum absolute atomic E-state index is 12.4. The number of ether oxygens (including phenoxy) is 1. The summed E-state index contributed by atoms with van der Waals surface area (Å²) in [5, 5.41) is 4.90. The molecule has 0 spiro atoms. The average molecular weight is 367 g/mol. The average Bonchev–Trinajstić information content (AvgIpc) is 3.15. The molecule has 3 aromatic rings. The lowest BCUT2D eigenvalue weighted by Gasteiger charge is -2.18. The van der Waals surface area contributed by atoms with Gasteiger partial charge in [-0.1, -0.05) is 18.2 Å². The highest BCUT2D eigenvalue weighted by Crippen LogP contribution is 2.25. The van der Waals surface area contributed by atoms with Crippen molar-refractivity contribution < 1.29 is 14.3 Å². The molecular weight excluding hydrogens is 350 g/mol. The van der Waals surface area contributed by atoms with Gasteiger partial charge in [0.25, 0.3) is 5.91 Å². The van der Waals surface area contributed by atoms with Gasteiger partial charge in [-0.2, -0.15) is 0 Å². The zero-order valence-corrected chi connectivity index (χ0v) is 15.1. The van der Waals surface area contributed by atoms with Crippen molar-refractivity contribution in [3.05, 3.63) is 71.2 Å². The number of carbonyl (C=O) groups is 2. The Labute approximate surface area is 155 Å². The summed E-state index contributed by atoms with van der Waals surface area (Å²) in [6.45, 7) is 0. The van der Waals surface area contributed by atoms with Crippen molar-refractivity contribution >= 4 is 39.7 Å². The number of anilines is 3. The second-order valence-electron chi connectivity index (χ2n) is 5.41. The molecule has 0 bridgehead atoms. The lowest BCUT2D eigenvalue weighted by Crippen LogP contribution is -2.15. The van der Waals surface area contributed by atoms with E-state index in [1.807, 2.05) is 42.3 Å². The molecular formula is C19H17N3O3S. The van der Waals surface area contributed by atoms with E-state index in [2.05, 4.69) is 10.3 Å². The van der Waals surface area contributed by atoms with Gasteiger partial charge < -0.3 is 15.0 Å². The first-order valence-electron chi connectivity index (χ1n) is 7.82. The standard InChI is InChI=1S/C19H17N3O3S/c1-22(14-6-4-3-5-7-14)16-9-8-13(12-20-16)17(23)21-18-15(10-11-26-18)19(24)25-2/h3-12H,1-2H3,(H,21,23). The van der Waals surface area contributed by atoms with E-state index in [1.54, 1.807) is 23.6 Å². The smallest absolute Gasteiger partial charge is 0.340 e. The maximum Gasteiger partial charge on any atom is 0.340 e. The van der Waals surface area contributed by atoms with Crippen LogP contribution in [0.1, 0.15) is 20.7 Å². The van der Waals surface area contributed by atoms with Crippen molar-refractivity contribution in [2.45, 2.75) is 0 Å². The third kappa shape index (κ3) is 3.73. The number of amides is 1. The van der Waals surface area contributed by atoms with Crippen LogP contribution in [-0.2, 0) is 4.74 Å². The fraction of sp³-hybridized carbons (Fsp3) is 0.105. The Kier molecular flexibility index (Phi) is 5.28. The monoisotopic (exact) mass is 367 g/mol. The number of nitrogens with zero attached hydrogens (tertiary/aromatic N) is 2. The minimum Gasteiger partial charge on any atom is -0.465 e. The molecule has 0 aliphatic carbocycles. The van der Waals surface area contributed by atoms with Crippen molar-refractivity contribution in [3.63, 3.8) is 0 Å². The lowest BCUT2D eigenvalue weighted by molar-refractivity contribution is 0.0602. The van der Waals surface area contributed by atoms with Crippen LogP contribution in [0, 0.1) is 0 Å². The number of hydrogen-bond donors (Lipinski definition) is 1. The van der Waals surface area contributed by atoms with Gasteiger partial charge in [-0.25, -0.2) is 9.78 Å². The Hall–Kier alpha value is -3.19. The minimum absolute atomic E-state index is 0.333. The van der Waals surface area contributed by atoms with Crippen LogP contribution in [0.3, 0.4) is 0 Å². The van der Waals surface area contributed by atoms with E-state index in [0.717, 1.165) is 11.5 Å². The number of esters is 1. The van der Waals surface area contributed by atoms with E-state index < -0.39 is 5.97 Å². The molecule has 0 saturated carbocycles. The van der Waals surface area contributed by atoms with Crippen LogP contribution in [0.4, 0.5) is 16.5 Å². The zero-order valence-electron chi connectivity index (χ0n) is 14.3. The highest BCUT2D eigenvalue weighted by Gasteiger charge is 2.16. The number of methoxy groups -OCH3 is 1. The summed E-state index contributed by atoms with van der Waals surface area (Å²) >= 11 is 1.26. The van der Waals surface area contributed by atoms with Gasteiger partial charge in [0, 0.05) is 18.9 Å². The van der Waals surface area contributed by atoms with E-state index in [9.17, 15) is 9.59 Å². The molecule has 2 aromatic heterocycles. The molecule has 132 valence electrons. The number of aromatic nitrogens is 1. The summed E-state index contributed by atoms with van der Waals surface area (Å²) in [6, 6.07) is 14.9. The third-order valence-electron chi connectivity index (χ3n) is 3.79. The normalized spacial score (nSPS) is 10.2. The van der Waals surface area contributed by atoms with Crippen molar-refractivity contribution in [2.24, 2.45) is 0 Å². The molecule has 1 amide bonds. The Morgan fingerprint density at radius 2 is 1.88 bits per heavy atom. The van der Waals surface area contributed by atoms with Gasteiger partial charge in [-0.05, 0) is 35.7 Å². The number of benzene rings is 1. The first kappa shape index (κ1) is 17.6. The molecule has 0 saturated heterocycles. The number of pyridine rings is 1. The number of para-hydroxylation sites is 1. The third-order valence-corrected chi connectivity index (χ3v) is 4.62. The van der Waals surface area contributed by atoms with Crippen molar-refractivity contribution in [1.82, 2.24) is 4.98 Å². The molecule has 6 nitrogen and oxygen atoms in total. The molecule has 3 rings (SSSR count). The van der Waals surface area contributed by atoms with Crippen LogP contribution in [0.15, 0.2) is 60.1 Å². The Morgan fingerprint density at radius 3 is 2.54 bits per heavy atom. The van der Waals surface area contributed by atoms with Crippen molar-refractivity contribution in [1.29, 1.82) is 0 Å². The highest BCUT2D eigenvalue weighted by molar-refractivity contribution is 7.14. The van der Waals surface area contributed by atoms with E-state index in [-0.39, 0.29) is 5.91 Å². The highest BCUT2D eigenvalue weighted by atomic mass is 32.1. The number of hydrogen-bond acceptors (Lipinski definition) is 6. The van der Waals surface area contributed by atoms with Crippen LogP contribution in [-0.4, -0.2) is 31.0 Å². The summed E-state index contributed by atoms with van der Waals surface area (Å²) in [5.74, 6) is -0.0994. The number of nitrogens with one attached hydrogen (secondary N) is 1. The number of thiophene rings is 1. The van der Waals surface area contributed by atoms with Gasteiger partial charge in [0.05, 0.1) is 18.2 Å². The SMILES string of the molecule is COC(=O)c1ccsc1NC(=O)c1ccc(N(C)c2ccccc2)nc1. The lowest BCUT2D eigenvalue weighted by atomic mass is 10.2. The number of rotatable bonds is 5. The van der Waals surface area contributed by atoms with Crippen LogP contribution >= 0.6 is 11.3 Å². The quantitative estimate of drug-likeness (QED) is 0.692. The molecule has 1 aromatic carbocycles. The molecule has 0 unspecified atom stereocenters. The molecule has 0 atom stereocenters. The van der Waals surface area contributed by atoms with E-state index >= 15 is 0 Å². The van der Waals surface area contributed by atoms with Crippen LogP contribution < -0.4 is 10.2 Å². The second kappa shape index (κ2) is 7.79. The van der Waals surface area contributed by atoms with E-state index in [1.165, 1.54) is 24.6 Å². The fourth-order valence-electron chi connectivity index (χ4n) is 2.35. The summed E-state index contributed by atoms with van der Waals surface area (Å²) in [6.07, 6.45) is 1.51. The second-order valence-corrected chi connectivity index (χ2v) is 6.32. The summed E-state index contributed by atoms with van der Waals surface area (Å²) in [7, 11) is 3.21. The van der Waals surface area contributed by atoms with Crippen LogP contribution in [0.25, 0.3) is 0 Å². The Balaban J connectivity index is 1.74. The van der Waals surface area contributed by atoms with Crippen molar-refractivity contribution in [3.8, 4) is 0 Å². The zero-order chi connectivity index (χ0) is 18.5. The number of carbonyl (C=O) groups excluding carboxylic acids is 2. The molecule has 0 aliphatic heterocycles. The van der Waals surface area contributed by atoms with Crippen molar-refractivity contribution in [2.75, 3.05) is 24.4 Å². The molecule has 1 N–H and O–H groups in total. The van der Waals surface area contributed by atoms with Gasteiger partial charge in [-0.15, -0.1) is 11.3 Å². The Morgan fingerprint density at radius 1 is 1.12 bits per heavy atom. The van der Waals surface area contributed by atoms with Crippen LogP contribution in [0.5, 0.6) is 0 Å². The molecule has 2 heterocycles. The summed E-state index contributed by atoms with van der Waals surface area (Å²) < 4.78 is 4.71. The molecule has 7 heteroatoms. The largest absolute Gasteiger partial charge is 0.465 e. The van der Waals surface area contributed by atoms with Crippen LogP contribution in [0.2, 0.25) is 0 Å². The molecule has 0 fully saturated rings. The maximum atomic E-state index is 12.4. The first-order valence-corrected chi connectivity index (χ1v) is 8.70. The van der Waals surface area contributed by atoms with Gasteiger partial charge in [0.2, 0.25) is 0 Å². The Bertz CT molecular complexity index is 907. The summed E-state index contributed by atoms with van der Waals surface area (Å²) in [5.41, 5.74) is 1.73.